The Morgan fingerprint density at radius 2 is 2.00 bits per heavy atom. The van der Waals surface area contributed by atoms with Crippen LogP contribution in [0.15, 0.2) is 53.7 Å². The molecule has 0 radical (unpaired) electrons. The summed E-state index contributed by atoms with van der Waals surface area (Å²) in [4.78, 5) is 15.9. The largest absolute Gasteiger partial charge is 0.368 e. The van der Waals surface area contributed by atoms with Gasteiger partial charge in [0.05, 0.1) is 5.69 Å². The van der Waals surface area contributed by atoms with Crippen molar-refractivity contribution in [2.75, 3.05) is 0 Å². The minimum Gasteiger partial charge on any atom is -0.368 e. The number of hydrogen-bond acceptors (Lipinski definition) is 2. The van der Waals surface area contributed by atoms with Crippen molar-refractivity contribution in [3.63, 3.8) is 0 Å². The summed E-state index contributed by atoms with van der Waals surface area (Å²) in [7, 11) is 0. The number of nitrogens with zero attached hydrogens (tertiary/aromatic N) is 2. The number of aromatic nitrogens is 1. The number of hydrogen-bond donors (Lipinski definition) is 1. The second-order valence-corrected chi connectivity index (χ2v) is 5.74. The minimum atomic E-state index is -0.358. The molecule has 1 amide bonds. The number of aryl methyl sites for hydroxylation is 2. The Bertz CT molecular complexity index is 906. The van der Waals surface area contributed by atoms with Crippen molar-refractivity contribution >= 4 is 28.7 Å². The van der Waals surface area contributed by atoms with Crippen molar-refractivity contribution in [1.82, 2.24) is 4.57 Å². The smallest absolute Gasteiger partial charge is 0.237 e. The van der Waals surface area contributed by atoms with Crippen molar-refractivity contribution < 1.29 is 4.79 Å². The van der Waals surface area contributed by atoms with Gasteiger partial charge < -0.3 is 10.3 Å². The Morgan fingerprint density at radius 1 is 1.22 bits per heavy atom. The highest BCUT2D eigenvalue weighted by atomic mass is 16.1. The lowest BCUT2D eigenvalue weighted by molar-refractivity contribution is -0.118. The number of amides is 1. The van der Waals surface area contributed by atoms with E-state index in [0.29, 0.717) is 0 Å². The van der Waals surface area contributed by atoms with Gasteiger partial charge in [0.25, 0.3) is 0 Å². The fourth-order valence-electron chi connectivity index (χ4n) is 2.77. The first kappa shape index (κ1) is 15.0. The molecule has 3 aromatic rings. The Kier molecular flexibility index (Phi) is 3.98. The summed E-state index contributed by atoms with van der Waals surface area (Å²) in [6.45, 7) is 4.28. The third-order valence-corrected chi connectivity index (χ3v) is 3.84. The summed E-state index contributed by atoms with van der Waals surface area (Å²) in [5.41, 5.74) is 10.6. The lowest BCUT2D eigenvalue weighted by Crippen LogP contribution is -2.17. The van der Waals surface area contributed by atoms with Crippen LogP contribution in [0.25, 0.3) is 10.9 Å². The van der Waals surface area contributed by atoms with Crippen LogP contribution in [0.3, 0.4) is 0 Å². The van der Waals surface area contributed by atoms with E-state index in [0.717, 1.165) is 27.7 Å². The van der Waals surface area contributed by atoms with E-state index in [1.807, 2.05) is 47.3 Å². The zero-order chi connectivity index (χ0) is 16.4. The van der Waals surface area contributed by atoms with Gasteiger partial charge in [-0.3, -0.25) is 9.79 Å². The van der Waals surface area contributed by atoms with Crippen LogP contribution >= 0.6 is 0 Å². The second-order valence-electron chi connectivity index (χ2n) is 5.74. The highest BCUT2D eigenvalue weighted by molar-refractivity contribution is 6.00. The van der Waals surface area contributed by atoms with Crippen LogP contribution < -0.4 is 5.73 Å². The molecule has 0 aliphatic heterocycles. The number of fused-ring (bicyclic) bond motifs is 1. The Morgan fingerprint density at radius 3 is 2.74 bits per heavy atom. The van der Waals surface area contributed by atoms with Crippen LogP contribution in [-0.4, -0.2) is 16.7 Å². The molecule has 0 saturated carbocycles. The van der Waals surface area contributed by atoms with Crippen LogP contribution in [0.2, 0.25) is 0 Å². The molecular formula is C19H19N3O. The van der Waals surface area contributed by atoms with Crippen molar-refractivity contribution in [3.8, 4) is 0 Å². The van der Waals surface area contributed by atoms with Gasteiger partial charge in [-0.1, -0.05) is 35.9 Å². The summed E-state index contributed by atoms with van der Waals surface area (Å²) in [6, 6.07) is 14.1. The lowest BCUT2D eigenvalue weighted by atomic mass is 10.1. The standard InChI is InChI=1S/C19H19N3O/c1-13-7-8-17(14(2)9-13)21-10-15-11-22(12-19(20)23)18-6-4-3-5-16(15)18/h3-11H,12H2,1-2H3,(H2,20,23). The topological polar surface area (TPSA) is 60.4 Å². The predicted molar refractivity (Wildman–Crippen MR) is 94.3 cm³/mol. The quantitative estimate of drug-likeness (QED) is 0.737. The number of aliphatic imine (C=N–C) groups is 1. The summed E-state index contributed by atoms with van der Waals surface area (Å²) >= 11 is 0. The fourth-order valence-corrected chi connectivity index (χ4v) is 2.77. The molecule has 0 unspecified atom stereocenters. The van der Waals surface area contributed by atoms with Gasteiger partial charge in [-0.15, -0.1) is 0 Å². The zero-order valence-corrected chi connectivity index (χ0v) is 13.3. The van der Waals surface area contributed by atoms with Gasteiger partial charge in [0.2, 0.25) is 5.91 Å². The van der Waals surface area contributed by atoms with Crippen molar-refractivity contribution in [3.05, 3.63) is 65.4 Å². The number of benzene rings is 2. The van der Waals surface area contributed by atoms with Gasteiger partial charge in [-0.25, -0.2) is 0 Å². The first-order valence-corrected chi connectivity index (χ1v) is 7.52. The van der Waals surface area contributed by atoms with Crippen LogP contribution in [-0.2, 0) is 11.3 Å². The van der Waals surface area contributed by atoms with Crippen molar-refractivity contribution in [2.45, 2.75) is 20.4 Å². The molecule has 4 heteroatoms. The maximum absolute atomic E-state index is 11.2. The molecule has 3 rings (SSSR count). The van der Waals surface area contributed by atoms with Crippen molar-refractivity contribution in [2.24, 2.45) is 10.7 Å². The van der Waals surface area contributed by atoms with Gasteiger partial charge >= 0.3 is 0 Å². The van der Waals surface area contributed by atoms with Gasteiger partial charge in [-0.2, -0.15) is 0 Å². The molecule has 0 aliphatic carbocycles. The Hall–Kier alpha value is -2.88. The summed E-state index contributed by atoms with van der Waals surface area (Å²) in [6.07, 6.45) is 3.76. The number of para-hydroxylation sites is 1. The molecule has 2 N–H and O–H groups in total. The Balaban J connectivity index is 2.02. The zero-order valence-electron chi connectivity index (χ0n) is 13.3. The van der Waals surface area contributed by atoms with E-state index < -0.39 is 0 Å². The van der Waals surface area contributed by atoms with Crippen LogP contribution in [0.4, 0.5) is 5.69 Å². The number of nitrogens with two attached hydrogens (primary N) is 1. The molecule has 0 spiro atoms. The SMILES string of the molecule is Cc1ccc(N=Cc2cn(CC(N)=O)c3ccccc23)c(C)c1. The maximum atomic E-state index is 11.2. The molecular weight excluding hydrogens is 286 g/mol. The normalized spacial score (nSPS) is 11.4. The van der Waals surface area contributed by atoms with E-state index in [1.54, 1.807) is 0 Å². The van der Waals surface area contributed by atoms with E-state index in [-0.39, 0.29) is 12.5 Å². The molecule has 116 valence electrons. The summed E-state index contributed by atoms with van der Waals surface area (Å²) < 4.78 is 1.86. The second kappa shape index (κ2) is 6.08. The van der Waals surface area contributed by atoms with E-state index in [9.17, 15) is 4.79 Å². The van der Waals surface area contributed by atoms with Crippen LogP contribution in [0, 0.1) is 13.8 Å². The van der Waals surface area contributed by atoms with Gasteiger partial charge in [0.1, 0.15) is 6.54 Å². The molecule has 0 fully saturated rings. The monoisotopic (exact) mass is 305 g/mol. The van der Waals surface area contributed by atoms with Gasteiger partial charge in [-0.05, 0) is 31.5 Å². The highest BCUT2D eigenvalue weighted by Gasteiger charge is 2.08. The molecule has 0 bridgehead atoms. The van der Waals surface area contributed by atoms with E-state index in [4.69, 9.17) is 5.73 Å². The molecule has 0 saturated heterocycles. The molecule has 0 aliphatic rings. The summed E-state index contributed by atoms with van der Waals surface area (Å²) in [5, 5.41) is 1.06. The number of carbonyl (C=O) groups is 1. The van der Waals surface area contributed by atoms with Gasteiger partial charge in [0, 0.05) is 28.9 Å². The fraction of sp³-hybridized carbons (Fsp3) is 0.158. The number of primary amides is 1. The third-order valence-electron chi connectivity index (χ3n) is 3.84. The van der Waals surface area contributed by atoms with Crippen LogP contribution in [0.5, 0.6) is 0 Å². The third kappa shape index (κ3) is 3.16. The average Bonchev–Trinajstić information content (AvgIpc) is 2.84. The minimum absolute atomic E-state index is 0.165. The summed E-state index contributed by atoms with van der Waals surface area (Å²) in [5.74, 6) is -0.358. The van der Waals surface area contributed by atoms with E-state index in [2.05, 4.69) is 31.0 Å². The molecule has 1 aromatic heterocycles. The molecule has 2 aromatic carbocycles. The molecule has 4 nitrogen and oxygen atoms in total. The van der Waals surface area contributed by atoms with Crippen LogP contribution in [0.1, 0.15) is 16.7 Å². The molecule has 1 heterocycles. The van der Waals surface area contributed by atoms with Gasteiger partial charge in [0.15, 0.2) is 0 Å². The Labute approximate surface area is 135 Å². The van der Waals surface area contributed by atoms with E-state index >= 15 is 0 Å². The molecule has 0 atom stereocenters. The van der Waals surface area contributed by atoms with E-state index in [1.165, 1.54) is 5.56 Å². The van der Waals surface area contributed by atoms with Crippen molar-refractivity contribution in [1.29, 1.82) is 0 Å². The number of rotatable bonds is 4. The highest BCUT2D eigenvalue weighted by Crippen LogP contribution is 2.23. The lowest BCUT2D eigenvalue weighted by Gasteiger charge is -2.00. The first-order valence-electron chi connectivity index (χ1n) is 7.52. The first-order chi connectivity index (χ1) is 11.0. The predicted octanol–water partition coefficient (Wildman–Crippen LogP) is 3.49. The maximum Gasteiger partial charge on any atom is 0.237 e. The molecule has 23 heavy (non-hydrogen) atoms. The average molecular weight is 305 g/mol. The number of carbonyl (C=O) groups excluding carboxylic acids is 1.